The minimum absolute atomic E-state index is 0.0706. The lowest BCUT2D eigenvalue weighted by atomic mass is 9.95. The van der Waals surface area contributed by atoms with Crippen molar-refractivity contribution < 1.29 is 33.2 Å². The summed E-state index contributed by atoms with van der Waals surface area (Å²) in [5, 5.41) is 0. The minimum Gasteiger partial charge on any atom is -0.460 e. The second-order valence-corrected chi connectivity index (χ2v) is 11.6. The van der Waals surface area contributed by atoms with Gasteiger partial charge in [0.2, 0.25) is 0 Å². The van der Waals surface area contributed by atoms with E-state index in [9.17, 15) is 14.3 Å². The molecule has 0 aliphatic rings. The zero-order chi connectivity index (χ0) is 24.8. The molecular weight excluding hydrogens is 441 g/mol. The van der Waals surface area contributed by atoms with E-state index in [1.54, 1.807) is 0 Å². The van der Waals surface area contributed by atoms with E-state index in [2.05, 4.69) is 13.8 Å². The highest BCUT2D eigenvalue weighted by molar-refractivity contribution is 7.52. The second kappa shape index (κ2) is 22.0. The average molecular weight is 495 g/mol. The first-order chi connectivity index (χ1) is 15.8. The summed E-state index contributed by atoms with van der Waals surface area (Å²) in [6.07, 6.45) is 16.3. The Labute approximate surface area is 203 Å². The first kappa shape index (κ1) is 32.5. The van der Waals surface area contributed by atoms with E-state index in [1.165, 1.54) is 70.6 Å². The summed E-state index contributed by atoms with van der Waals surface area (Å²) in [6.45, 7) is 5.98. The molecule has 0 fully saturated rings. The molecule has 0 spiro atoms. The minimum atomic E-state index is -3.69. The van der Waals surface area contributed by atoms with Gasteiger partial charge in [0.1, 0.15) is 6.10 Å². The normalized spacial score (nSPS) is 15.3. The Morgan fingerprint density at radius 3 is 2.06 bits per heavy atom. The molecule has 0 amide bonds. The van der Waals surface area contributed by atoms with Crippen LogP contribution in [0.4, 0.5) is 0 Å². The summed E-state index contributed by atoms with van der Waals surface area (Å²) < 4.78 is 27.9. The largest absolute Gasteiger partial charge is 0.460 e. The van der Waals surface area contributed by atoms with Crippen LogP contribution in [-0.2, 0) is 23.4 Å². The van der Waals surface area contributed by atoms with Gasteiger partial charge in [0.15, 0.2) is 0 Å². The molecular formula is C25H53NO6P+. The van der Waals surface area contributed by atoms with Gasteiger partial charge in [-0.05, 0) is 12.3 Å². The van der Waals surface area contributed by atoms with Gasteiger partial charge in [-0.25, -0.2) is 0 Å². The highest BCUT2D eigenvalue weighted by atomic mass is 31.2. The summed E-state index contributed by atoms with van der Waals surface area (Å²) >= 11 is 0. The van der Waals surface area contributed by atoms with E-state index in [4.69, 9.17) is 14.0 Å². The van der Waals surface area contributed by atoms with Crippen LogP contribution >= 0.6 is 7.60 Å². The van der Waals surface area contributed by atoms with Crippen LogP contribution in [0.3, 0.4) is 0 Å². The summed E-state index contributed by atoms with van der Waals surface area (Å²) in [5.74, 6) is 0.645. The zero-order valence-corrected chi connectivity index (χ0v) is 22.8. The average Bonchev–Trinajstić information content (AvgIpc) is 2.78. The molecule has 0 saturated heterocycles. The van der Waals surface area contributed by atoms with Crippen molar-refractivity contribution in [3.63, 3.8) is 0 Å². The second-order valence-electron chi connectivity index (χ2n) is 9.58. The van der Waals surface area contributed by atoms with Crippen LogP contribution in [0.25, 0.3) is 0 Å². The molecule has 0 aromatic heterocycles. The summed E-state index contributed by atoms with van der Waals surface area (Å²) in [6, 6.07) is 0. The Morgan fingerprint density at radius 2 is 1.52 bits per heavy atom. The van der Waals surface area contributed by atoms with Crippen LogP contribution in [-0.4, -0.2) is 64.1 Å². The Hall–Kier alpha value is -0.460. The van der Waals surface area contributed by atoms with Crippen molar-refractivity contribution in [1.29, 1.82) is 0 Å². The first-order valence-electron chi connectivity index (χ1n) is 13.3. The van der Waals surface area contributed by atoms with E-state index in [1.807, 2.05) is 14.1 Å². The van der Waals surface area contributed by atoms with Gasteiger partial charge in [-0.15, -0.1) is 0 Å². The van der Waals surface area contributed by atoms with Gasteiger partial charge >= 0.3 is 7.60 Å². The molecule has 7 nitrogen and oxygen atoms in total. The lowest BCUT2D eigenvalue weighted by Crippen LogP contribution is -3.06. The van der Waals surface area contributed by atoms with Crippen molar-refractivity contribution in [2.45, 2.75) is 103 Å². The lowest BCUT2D eigenvalue weighted by Gasteiger charge is -2.19. The first-order valence-corrected chi connectivity index (χ1v) is 15.0. The fourth-order valence-corrected chi connectivity index (χ4v) is 5.03. The fraction of sp³-hybridized carbons (Fsp3) is 0.960. The van der Waals surface area contributed by atoms with Crippen LogP contribution in [0.1, 0.15) is 97.3 Å². The number of carbonyl (C=O) groups is 1. The molecule has 3 unspecified atom stereocenters. The third-order valence-corrected chi connectivity index (χ3v) is 7.46. The third kappa shape index (κ3) is 21.8. The third-order valence-electron chi connectivity index (χ3n) is 6.12. The van der Waals surface area contributed by atoms with Crippen molar-refractivity contribution in [3.8, 4) is 0 Å². The number of nitrogens with one attached hydrogen (secondary N) is 1. The molecule has 0 heterocycles. The standard InChI is InChI=1S/C25H52NO6P/c1-5-7-8-9-10-11-12-13-14-15-16-24(6-2)17-19-30-21-25(31-23-27)22-32-33(28,29)20-18-26(3)4/h23-25H,5-22H2,1-4H3,(H,28,29)/p+1. The Morgan fingerprint density at radius 1 is 0.909 bits per heavy atom. The summed E-state index contributed by atoms with van der Waals surface area (Å²) in [5.41, 5.74) is 0. The van der Waals surface area contributed by atoms with E-state index in [0.717, 1.165) is 17.7 Å². The number of unbranched alkanes of at least 4 members (excludes halogenated alkanes) is 9. The Bertz CT molecular complexity index is 492. The monoisotopic (exact) mass is 494 g/mol. The summed E-state index contributed by atoms with van der Waals surface area (Å²) in [4.78, 5) is 21.7. The molecule has 0 aliphatic carbocycles. The predicted octanol–water partition coefficient (Wildman–Crippen LogP) is 4.62. The Kier molecular flexibility index (Phi) is 21.7. The maximum absolute atomic E-state index is 12.1. The topological polar surface area (TPSA) is 86.5 Å². The molecule has 3 atom stereocenters. The van der Waals surface area contributed by atoms with Crippen molar-refractivity contribution in [3.05, 3.63) is 0 Å². The van der Waals surface area contributed by atoms with Crippen LogP contribution in [0.15, 0.2) is 0 Å². The molecule has 2 N–H and O–H groups in total. The van der Waals surface area contributed by atoms with E-state index in [-0.39, 0.29) is 19.4 Å². The van der Waals surface area contributed by atoms with Gasteiger partial charge in [-0.3, -0.25) is 9.36 Å². The van der Waals surface area contributed by atoms with Gasteiger partial charge < -0.3 is 23.8 Å². The lowest BCUT2D eigenvalue weighted by molar-refractivity contribution is -0.855. The molecule has 0 bridgehead atoms. The van der Waals surface area contributed by atoms with Crippen LogP contribution < -0.4 is 4.90 Å². The summed E-state index contributed by atoms with van der Waals surface area (Å²) in [7, 11) is 0.132. The predicted molar refractivity (Wildman–Crippen MR) is 135 cm³/mol. The molecule has 33 heavy (non-hydrogen) atoms. The quantitative estimate of drug-likeness (QED) is 0.109. The van der Waals surface area contributed by atoms with Gasteiger partial charge in [0.05, 0.1) is 40.0 Å². The van der Waals surface area contributed by atoms with Crippen LogP contribution in [0, 0.1) is 5.92 Å². The van der Waals surface area contributed by atoms with Gasteiger partial charge in [-0.2, -0.15) is 0 Å². The van der Waals surface area contributed by atoms with Crippen LogP contribution in [0.5, 0.6) is 0 Å². The molecule has 0 rings (SSSR count). The number of hydrogen-bond acceptors (Lipinski definition) is 5. The molecule has 198 valence electrons. The zero-order valence-electron chi connectivity index (χ0n) is 21.9. The number of ether oxygens (including phenoxy) is 2. The fourth-order valence-electron chi connectivity index (χ4n) is 3.77. The smallest absolute Gasteiger partial charge is 0.333 e. The maximum atomic E-state index is 12.1. The maximum Gasteiger partial charge on any atom is 0.333 e. The number of rotatable bonds is 25. The molecule has 0 saturated carbocycles. The highest BCUT2D eigenvalue weighted by Crippen LogP contribution is 2.40. The van der Waals surface area contributed by atoms with Crippen molar-refractivity contribution >= 4 is 14.1 Å². The molecule has 0 aromatic carbocycles. The Balaban J connectivity index is 3.90. The molecule has 0 radical (unpaired) electrons. The van der Waals surface area contributed by atoms with Gasteiger partial charge in [0, 0.05) is 6.61 Å². The molecule has 0 aliphatic heterocycles. The van der Waals surface area contributed by atoms with Gasteiger partial charge in [0.25, 0.3) is 6.47 Å². The van der Waals surface area contributed by atoms with Crippen molar-refractivity contribution in [2.75, 3.05) is 46.6 Å². The molecule has 8 heteroatoms. The number of hydrogen-bond donors (Lipinski definition) is 2. The van der Waals surface area contributed by atoms with Gasteiger partial charge in [-0.1, -0.05) is 90.9 Å². The van der Waals surface area contributed by atoms with Crippen LogP contribution in [0.2, 0.25) is 0 Å². The SMILES string of the molecule is CCCCCCCCCCCCC(CC)CCOCC(COP(=O)(O)CC[NH+](C)C)OC=O. The highest BCUT2D eigenvalue weighted by Gasteiger charge is 2.23. The molecule has 0 aromatic rings. The van der Waals surface area contributed by atoms with E-state index >= 15 is 0 Å². The van der Waals surface area contributed by atoms with E-state index in [0.29, 0.717) is 25.5 Å². The number of quaternary nitrogens is 1. The van der Waals surface area contributed by atoms with E-state index < -0.39 is 13.7 Å². The number of carbonyl (C=O) groups excluding carboxylic acids is 1. The van der Waals surface area contributed by atoms with Crippen molar-refractivity contribution in [1.82, 2.24) is 0 Å². The van der Waals surface area contributed by atoms with Crippen molar-refractivity contribution in [2.24, 2.45) is 5.92 Å².